The quantitative estimate of drug-likeness (QED) is 0.805. The van der Waals surface area contributed by atoms with Gasteiger partial charge in [-0.25, -0.2) is 0 Å². The van der Waals surface area contributed by atoms with Crippen LogP contribution in [-0.2, 0) is 4.79 Å². The Labute approximate surface area is 126 Å². The number of hydrogen-bond donors (Lipinski definition) is 2. The first-order chi connectivity index (χ1) is 9.38. The summed E-state index contributed by atoms with van der Waals surface area (Å²) < 4.78 is 0.779. The lowest BCUT2D eigenvalue weighted by molar-refractivity contribution is -0.132. The van der Waals surface area contributed by atoms with Crippen molar-refractivity contribution in [1.29, 1.82) is 0 Å². The van der Waals surface area contributed by atoms with Crippen molar-refractivity contribution in [3.8, 4) is 0 Å². The van der Waals surface area contributed by atoms with Gasteiger partial charge in [0.05, 0.1) is 0 Å². The number of hydrogen-bond acceptors (Lipinski definition) is 3. The van der Waals surface area contributed by atoms with Crippen LogP contribution in [0.1, 0.15) is 28.8 Å². The molecule has 1 unspecified atom stereocenters. The summed E-state index contributed by atoms with van der Waals surface area (Å²) in [6.07, 6.45) is 1.15. The molecule has 108 valence electrons. The summed E-state index contributed by atoms with van der Waals surface area (Å²) in [5.41, 5.74) is 7.79. The summed E-state index contributed by atoms with van der Waals surface area (Å²) >= 11 is 3.35. The van der Waals surface area contributed by atoms with Crippen LogP contribution in [0.5, 0.6) is 0 Å². The predicted octanol–water partition coefficient (Wildman–Crippen LogP) is 1.69. The van der Waals surface area contributed by atoms with Gasteiger partial charge in [0.2, 0.25) is 5.91 Å². The summed E-state index contributed by atoms with van der Waals surface area (Å²) in [4.78, 5) is 25.4. The first-order valence-corrected chi connectivity index (χ1v) is 7.28. The number of carbonyl (C=O) groups is 2. The number of nitrogen functional groups attached to an aromatic ring is 1. The van der Waals surface area contributed by atoms with Crippen molar-refractivity contribution >= 4 is 33.4 Å². The standard InChI is InChI=1S/C14H18BrN3O2/c1-8-11(5-9(15)6-12(8)16)14(20)17-10-3-4-13(19)18(2)7-10/h5-6,10H,3-4,7,16H2,1-2H3,(H,17,20). The number of amides is 2. The third-order valence-corrected chi connectivity index (χ3v) is 4.08. The zero-order chi connectivity index (χ0) is 14.9. The lowest BCUT2D eigenvalue weighted by atomic mass is 10.0. The van der Waals surface area contributed by atoms with Crippen molar-refractivity contribution in [2.24, 2.45) is 0 Å². The highest BCUT2D eigenvalue weighted by Gasteiger charge is 2.25. The Morgan fingerprint density at radius 2 is 2.20 bits per heavy atom. The molecular formula is C14H18BrN3O2. The van der Waals surface area contributed by atoms with Crippen LogP contribution in [0.3, 0.4) is 0 Å². The van der Waals surface area contributed by atoms with Gasteiger partial charge in [0.1, 0.15) is 0 Å². The molecule has 1 fully saturated rings. The molecule has 1 aliphatic rings. The van der Waals surface area contributed by atoms with Crippen molar-refractivity contribution < 1.29 is 9.59 Å². The fourth-order valence-electron chi connectivity index (χ4n) is 2.33. The molecule has 6 heteroatoms. The highest BCUT2D eigenvalue weighted by atomic mass is 79.9. The molecule has 3 N–H and O–H groups in total. The fraction of sp³-hybridized carbons (Fsp3) is 0.429. The average Bonchev–Trinajstić information content (AvgIpc) is 2.38. The van der Waals surface area contributed by atoms with Crippen LogP contribution in [0.4, 0.5) is 5.69 Å². The van der Waals surface area contributed by atoms with Gasteiger partial charge in [-0.15, -0.1) is 0 Å². The maximum atomic E-state index is 12.3. The van der Waals surface area contributed by atoms with E-state index in [4.69, 9.17) is 5.73 Å². The third-order valence-electron chi connectivity index (χ3n) is 3.62. The number of piperidine rings is 1. The minimum Gasteiger partial charge on any atom is -0.398 e. The molecule has 1 aliphatic heterocycles. The third kappa shape index (κ3) is 3.12. The van der Waals surface area contributed by atoms with Crippen LogP contribution in [-0.4, -0.2) is 36.3 Å². The molecular weight excluding hydrogens is 322 g/mol. The van der Waals surface area contributed by atoms with E-state index < -0.39 is 0 Å². The van der Waals surface area contributed by atoms with E-state index in [1.54, 1.807) is 24.1 Å². The van der Waals surface area contributed by atoms with E-state index >= 15 is 0 Å². The first-order valence-electron chi connectivity index (χ1n) is 6.49. The first kappa shape index (κ1) is 14.8. The van der Waals surface area contributed by atoms with Crippen molar-refractivity contribution in [2.45, 2.75) is 25.8 Å². The number of likely N-dealkylation sites (N-methyl/N-ethyl adjacent to an activating group) is 1. The molecule has 1 heterocycles. The molecule has 0 bridgehead atoms. The van der Waals surface area contributed by atoms with Crippen molar-refractivity contribution in [1.82, 2.24) is 10.2 Å². The second-order valence-corrected chi connectivity index (χ2v) is 6.07. The Balaban J connectivity index is 2.11. The number of carbonyl (C=O) groups excluding carboxylic acids is 2. The van der Waals surface area contributed by atoms with Crippen molar-refractivity contribution in [3.63, 3.8) is 0 Å². The van der Waals surface area contributed by atoms with Crippen LogP contribution in [0.15, 0.2) is 16.6 Å². The lowest BCUT2D eigenvalue weighted by Gasteiger charge is -2.30. The summed E-state index contributed by atoms with van der Waals surface area (Å²) in [5, 5.41) is 2.97. The molecule has 20 heavy (non-hydrogen) atoms. The predicted molar refractivity (Wildman–Crippen MR) is 81.4 cm³/mol. The Morgan fingerprint density at radius 3 is 2.85 bits per heavy atom. The van der Waals surface area contributed by atoms with Crippen LogP contribution < -0.4 is 11.1 Å². The van der Waals surface area contributed by atoms with Crippen molar-refractivity contribution in [2.75, 3.05) is 19.3 Å². The van der Waals surface area contributed by atoms with E-state index in [1.807, 2.05) is 6.92 Å². The van der Waals surface area contributed by atoms with Crippen LogP contribution in [0.25, 0.3) is 0 Å². The molecule has 1 saturated heterocycles. The highest BCUT2D eigenvalue weighted by Crippen LogP contribution is 2.23. The van der Waals surface area contributed by atoms with Gasteiger partial charge in [0.25, 0.3) is 5.91 Å². The summed E-state index contributed by atoms with van der Waals surface area (Å²) in [6, 6.07) is 3.53. The lowest BCUT2D eigenvalue weighted by Crippen LogP contribution is -2.48. The highest BCUT2D eigenvalue weighted by molar-refractivity contribution is 9.10. The van der Waals surface area contributed by atoms with E-state index in [0.717, 1.165) is 10.0 Å². The van der Waals surface area contributed by atoms with Crippen LogP contribution >= 0.6 is 15.9 Å². The van der Waals surface area contributed by atoms with Gasteiger partial charge in [-0.05, 0) is 31.0 Å². The van der Waals surface area contributed by atoms with Gasteiger partial charge >= 0.3 is 0 Å². The minimum atomic E-state index is -0.150. The number of anilines is 1. The van der Waals surface area contributed by atoms with E-state index in [2.05, 4.69) is 21.2 Å². The van der Waals surface area contributed by atoms with Gasteiger partial charge < -0.3 is 16.0 Å². The van der Waals surface area contributed by atoms with Crippen LogP contribution in [0.2, 0.25) is 0 Å². The molecule has 0 spiro atoms. The molecule has 5 nitrogen and oxygen atoms in total. The minimum absolute atomic E-state index is 0.00944. The van der Waals surface area contributed by atoms with E-state index in [-0.39, 0.29) is 17.9 Å². The molecule has 0 saturated carbocycles. The topological polar surface area (TPSA) is 75.4 Å². The Kier molecular flexibility index (Phi) is 4.32. The van der Waals surface area contributed by atoms with Gasteiger partial charge in [-0.2, -0.15) is 0 Å². The number of nitrogens with two attached hydrogens (primary N) is 1. The monoisotopic (exact) mass is 339 g/mol. The Morgan fingerprint density at radius 1 is 1.50 bits per heavy atom. The SMILES string of the molecule is Cc1c(N)cc(Br)cc1C(=O)NC1CCC(=O)N(C)C1. The molecule has 0 aliphatic carbocycles. The van der Waals surface area contributed by atoms with Gasteiger partial charge in [0, 0.05) is 41.8 Å². The summed E-state index contributed by atoms with van der Waals surface area (Å²) in [5.74, 6) is -0.0263. The second kappa shape index (κ2) is 5.83. The van der Waals surface area contributed by atoms with E-state index in [1.165, 1.54) is 0 Å². The largest absolute Gasteiger partial charge is 0.398 e. The molecule has 1 atom stereocenters. The van der Waals surface area contributed by atoms with E-state index in [9.17, 15) is 9.59 Å². The molecule has 2 rings (SSSR count). The Hall–Kier alpha value is -1.56. The van der Waals surface area contributed by atoms with Gasteiger partial charge in [0.15, 0.2) is 0 Å². The normalized spacial score (nSPS) is 19.1. The van der Waals surface area contributed by atoms with Gasteiger partial charge in [-0.1, -0.05) is 15.9 Å². The van der Waals surface area contributed by atoms with E-state index in [0.29, 0.717) is 30.6 Å². The fourth-order valence-corrected chi connectivity index (χ4v) is 2.80. The zero-order valence-corrected chi connectivity index (χ0v) is 13.2. The zero-order valence-electron chi connectivity index (χ0n) is 11.6. The molecule has 0 radical (unpaired) electrons. The molecule has 2 amide bonds. The summed E-state index contributed by atoms with van der Waals surface area (Å²) in [6.45, 7) is 2.38. The molecule has 1 aromatic rings. The Bertz CT molecular complexity index is 560. The number of nitrogens with zero attached hydrogens (tertiary/aromatic N) is 1. The number of nitrogens with one attached hydrogen (secondary N) is 1. The van der Waals surface area contributed by atoms with Crippen LogP contribution in [0, 0.1) is 6.92 Å². The van der Waals surface area contributed by atoms with Gasteiger partial charge in [-0.3, -0.25) is 9.59 Å². The summed E-state index contributed by atoms with van der Waals surface area (Å²) in [7, 11) is 1.75. The maximum absolute atomic E-state index is 12.3. The number of likely N-dealkylation sites (tertiary alicyclic amines) is 1. The molecule has 0 aromatic heterocycles. The van der Waals surface area contributed by atoms with Crippen molar-refractivity contribution in [3.05, 3.63) is 27.7 Å². The molecule has 1 aromatic carbocycles. The smallest absolute Gasteiger partial charge is 0.251 e. The number of benzene rings is 1. The maximum Gasteiger partial charge on any atom is 0.251 e. The number of rotatable bonds is 2. The second-order valence-electron chi connectivity index (χ2n) is 5.15. The number of halogens is 1. The average molecular weight is 340 g/mol.